The average Bonchev–Trinajstić information content (AvgIpc) is 2.83. The number of amides is 1. The van der Waals surface area contributed by atoms with Crippen LogP contribution in [-0.4, -0.2) is 23.1 Å². The predicted molar refractivity (Wildman–Crippen MR) is 128 cm³/mol. The highest BCUT2D eigenvalue weighted by molar-refractivity contribution is 7.80. The van der Waals surface area contributed by atoms with E-state index in [4.69, 9.17) is 33.3 Å². The van der Waals surface area contributed by atoms with Gasteiger partial charge in [-0.3, -0.25) is 25.8 Å². The Labute approximate surface area is 199 Å². The zero-order chi connectivity index (χ0) is 23.8. The molecule has 11 heteroatoms. The van der Waals surface area contributed by atoms with Crippen molar-refractivity contribution in [1.29, 1.82) is 0 Å². The van der Waals surface area contributed by atoms with Crippen LogP contribution >= 0.6 is 23.8 Å². The van der Waals surface area contributed by atoms with Gasteiger partial charge in [0.25, 0.3) is 5.91 Å². The minimum absolute atomic E-state index is 0.0172. The van der Waals surface area contributed by atoms with Crippen LogP contribution in [0.25, 0.3) is 0 Å². The Hall–Kier alpha value is -3.89. The molecular weight excluding hydrogens is 468 g/mol. The van der Waals surface area contributed by atoms with Crippen molar-refractivity contribution in [2.45, 2.75) is 6.54 Å². The number of halogens is 1. The molecule has 0 radical (unpaired) electrons. The quantitative estimate of drug-likeness (QED) is 0.256. The Balaban J connectivity index is 1.64. The second kappa shape index (κ2) is 11.1. The SMILES string of the molecule is COc1cc(C(=O)NNC(=S)NCc2ccccc2)ccc1Oc1ccc(Cl)cc1[N+](=O)[O-]. The van der Waals surface area contributed by atoms with Crippen molar-refractivity contribution in [3.63, 3.8) is 0 Å². The molecule has 0 unspecified atom stereocenters. The fourth-order valence-corrected chi connectivity index (χ4v) is 3.03. The highest BCUT2D eigenvalue weighted by Gasteiger charge is 2.19. The van der Waals surface area contributed by atoms with Gasteiger partial charge in [-0.05, 0) is 48.1 Å². The second-order valence-electron chi connectivity index (χ2n) is 6.58. The summed E-state index contributed by atoms with van der Waals surface area (Å²) in [7, 11) is 1.39. The molecule has 1 amide bonds. The number of rotatable bonds is 7. The maximum absolute atomic E-state index is 12.5. The van der Waals surface area contributed by atoms with Crippen molar-refractivity contribution in [2.24, 2.45) is 0 Å². The van der Waals surface area contributed by atoms with Gasteiger partial charge in [-0.25, -0.2) is 0 Å². The van der Waals surface area contributed by atoms with Crippen LogP contribution in [0.15, 0.2) is 66.7 Å². The molecule has 0 spiro atoms. The number of carbonyl (C=O) groups excluding carboxylic acids is 1. The fourth-order valence-electron chi connectivity index (χ4n) is 2.74. The first kappa shape index (κ1) is 23.8. The first-order valence-electron chi connectivity index (χ1n) is 9.55. The lowest BCUT2D eigenvalue weighted by molar-refractivity contribution is -0.385. The average molecular weight is 487 g/mol. The minimum Gasteiger partial charge on any atom is -0.493 e. The van der Waals surface area contributed by atoms with Gasteiger partial charge in [-0.1, -0.05) is 41.9 Å². The molecule has 3 N–H and O–H groups in total. The molecule has 3 aromatic carbocycles. The molecule has 3 rings (SSSR count). The number of carbonyl (C=O) groups is 1. The van der Waals surface area contributed by atoms with Gasteiger partial charge in [0.2, 0.25) is 5.75 Å². The third-order valence-corrected chi connectivity index (χ3v) is 4.83. The van der Waals surface area contributed by atoms with Gasteiger partial charge in [-0.2, -0.15) is 0 Å². The second-order valence-corrected chi connectivity index (χ2v) is 7.43. The van der Waals surface area contributed by atoms with Crippen LogP contribution in [0.2, 0.25) is 5.02 Å². The Bertz CT molecular complexity index is 1180. The van der Waals surface area contributed by atoms with Crippen molar-refractivity contribution < 1.29 is 19.2 Å². The van der Waals surface area contributed by atoms with Gasteiger partial charge >= 0.3 is 5.69 Å². The smallest absolute Gasteiger partial charge is 0.313 e. The van der Waals surface area contributed by atoms with Gasteiger partial charge in [0.1, 0.15) is 0 Å². The largest absolute Gasteiger partial charge is 0.493 e. The van der Waals surface area contributed by atoms with Gasteiger partial charge in [0.15, 0.2) is 16.6 Å². The highest BCUT2D eigenvalue weighted by Crippen LogP contribution is 2.37. The van der Waals surface area contributed by atoms with E-state index in [1.54, 1.807) is 0 Å². The molecule has 0 saturated heterocycles. The van der Waals surface area contributed by atoms with Crippen molar-refractivity contribution >= 4 is 40.5 Å². The minimum atomic E-state index is -0.601. The van der Waals surface area contributed by atoms with E-state index in [9.17, 15) is 14.9 Å². The molecule has 9 nitrogen and oxygen atoms in total. The van der Waals surface area contributed by atoms with E-state index < -0.39 is 10.8 Å². The third kappa shape index (κ3) is 6.55. The monoisotopic (exact) mass is 486 g/mol. The molecule has 0 aliphatic rings. The maximum atomic E-state index is 12.5. The summed E-state index contributed by atoms with van der Waals surface area (Å²) in [5.74, 6) is -0.0956. The summed E-state index contributed by atoms with van der Waals surface area (Å²) < 4.78 is 10.9. The van der Waals surface area contributed by atoms with Crippen molar-refractivity contribution in [3.05, 3.63) is 93.0 Å². The summed E-state index contributed by atoms with van der Waals surface area (Å²) in [6, 6.07) is 18.1. The normalized spacial score (nSPS) is 10.1. The Kier molecular flexibility index (Phi) is 8.01. The molecule has 33 heavy (non-hydrogen) atoms. The number of hydrazine groups is 1. The first-order chi connectivity index (χ1) is 15.9. The number of nitro groups is 1. The van der Waals surface area contributed by atoms with Crippen molar-refractivity contribution in [1.82, 2.24) is 16.2 Å². The van der Waals surface area contributed by atoms with E-state index in [2.05, 4.69) is 16.2 Å². The summed E-state index contributed by atoms with van der Waals surface area (Å²) in [6.07, 6.45) is 0. The molecule has 0 atom stereocenters. The Morgan fingerprint density at radius 2 is 1.76 bits per heavy atom. The Morgan fingerprint density at radius 3 is 2.45 bits per heavy atom. The van der Waals surface area contributed by atoms with Crippen LogP contribution in [-0.2, 0) is 6.54 Å². The summed E-state index contributed by atoms with van der Waals surface area (Å²) in [4.78, 5) is 23.2. The number of hydrogen-bond acceptors (Lipinski definition) is 6. The molecule has 0 heterocycles. The molecule has 0 aromatic heterocycles. The van der Waals surface area contributed by atoms with E-state index in [0.29, 0.717) is 6.54 Å². The lowest BCUT2D eigenvalue weighted by atomic mass is 10.2. The summed E-state index contributed by atoms with van der Waals surface area (Å²) in [5.41, 5.74) is 6.11. The molecule has 0 bridgehead atoms. The number of thiocarbonyl (C=S) groups is 1. The molecule has 0 saturated carbocycles. The third-order valence-electron chi connectivity index (χ3n) is 4.35. The van der Waals surface area contributed by atoms with Gasteiger partial charge in [0.05, 0.1) is 12.0 Å². The number of methoxy groups -OCH3 is 1. The number of hydrogen-bond donors (Lipinski definition) is 3. The number of ether oxygens (including phenoxy) is 2. The topological polar surface area (TPSA) is 115 Å². The molecule has 0 aliphatic carbocycles. The number of nitrogens with one attached hydrogen (secondary N) is 3. The highest BCUT2D eigenvalue weighted by atomic mass is 35.5. The van der Waals surface area contributed by atoms with E-state index >= 15 is 0 Å². The predicted octanol–water partition coefficient (Wildman–Crippen LogP) is 4.36. The van der Waals surface area contributed by atoms with Crippen molar-refractivity contribution in [3.8, 4) is 17.2 Å². The zero-order valence-corrected chi connectivity index (χ0v) is 18.9. The molecular formula is C22H19ClN4O5S. The number of nitro benzene ring substituents is 1. The van der Waals surface area contributed by atoms with Crippen LogP contribution in [0, 0.1) is 10.1 Å². The van der Waals surface area contributed by atoms with E-state index in [0.717, 1.165) is 5.56 Å². The molecule has 0 fully saturated rings. The Morgan fingerprint density at radius 1 is 1.03 bits per heavy atom. The van der Waals surface area contributed by atoms with Crippen LogP contribution in [0.1, 0.15) is 15.9 Å². The van der Waals surface area contributed by atoms with Crippen LogP contribution in [0.3, 0.4) is 0 Å². The van der Waals surface area contributed by atoms with Gasteiger partial charge < -0.3 is 14.8 Å². The standard InChI is InChI=1S/C22H19ClN4O5S/c1-31-20-11-15(21(28)25-26-22(33)24-13-14-5-3-2-4-6-14)7-9-19(20)32-18-10-8-16(23)12-17(18)27(29)30/h2-12H,13H2,1H3,(H,25,28)(H2,24,26,33). The zero-order valence-electron chi connectivity index (χ0n) is 17.3. The van der Waals surface area contributed by atoms with Crippen molar-refractivity contribution in [2.75, 3.05) is 7.11 Å². The molecule has 170 valence electrons. The maximum Gasteiger partial charge on any atom is 0.313 e. The summed E-state index contributed by atoms with van der Waals surface area (Å²) in [5, 5.41) is 14.7. The molecule has 3 aromatic rings. The van der Waals surface area contributed by atoms with E-state index in [1.165, 1.54) is 43.5 Å². The lowest BCUT2D eigenvalue weighted by Crippen LogP contribution is -2.46. The van der Waals surface area contributed by atoms with E-state index in [1.807, 2.05) is 30.3 Å². The summed E-state index contributed by atoms with van der Waals surface area (Å²) >= 11 is 11.0. The summed E-state index contributed by atoms with van der Waals surface area (Å²) in [6.45, 7) is 0.499. The number of benzene rings is 3. The van der Waals surface area contributed by atoms with Gasteiger partial charge in [0, 0.05) is 23.2 Å². The van der Waals surface area contributed by atoms with Crippen LogP contribution in [0.5, 0.6) is 17.2 Å². The van der Waals surface area contributed by atoms with Gasteiger partial charge in [-0.15, -0.1) is 0 Å². The van der Waals surface area contributed by atoms with Crippen LogP contribution in [0.4, 0.5) is 5.69 Å². The fraction of sp³-hybridized carbons (Fsp3) is 0.0909. The molecule has 0 aliphatic heterocycles. The number of nitrogens with zero attached hydrogens (tertiary/aromatic N) is 1. The van der Waals surface area contributed by atoms with E-state index in [-0.39, 0.29) is 38.6 Å². The van der Waals surface area contributed by atoms with Crippen LogP contribution < -0.4 is 25.6 Å². The lowest BCUT2D eigenvalue weighted by Gasteiger charge is -2.14. The first-order valence-corrected chi connectivity index (χ1v) is 10.3.